The van der Waals surface area contributed by atoms with Crippen molar-refractivity contribution in [1.82, 2.24) is 9.88 Å². The van der Waals surface area contributed by atoms with Gasteiger partial charge in [-0.15, -0.1) is 11.3 Å². The molecule has 1 atom stereocenters. The molecule has 0 bridgehead atoms. The zero-order chi connectivity index (χ0) is 12.4. The average molecular weight is 255 g/mol. The number of carboxylic acid groups (broad SMARTS) is 1. The van der Waals surface area contributed by atoms with E-state index < -0.39 is 12.0 Å². The lowest BCUT2D eigenvalue weighted by Gasteiger charge is -2.20. The lowest BCUT2D eigenvalue weighted by atomic mass is 10.2. The van der Waals surface area contributed by atoms with E-state index in [-0.39, 0.29) is 12.3 Å². The molecule has 17 heavy (non-hydrogen) atoms. The summed E-state index contributed by atoms with van der Waals surface area (Å²) in [5.41, 5.74) is 6.08. The quantitative estimate of drug-likeness (QED) is 0.812. The minimum atomic E-state index is -0.936. The van der Waals surface area contributed by atoms with Gasteiger partial charge in [-0.25, -0.2) is 9.78 Å². The molecule has 1 aromatic heterocycles. The number of nitrogens with zero attached hydrogens (tertiary/aromatic N) is 2. The Bertz CT molecular complexity index is 446. The van der Waals surface area contributed by atoms with Gasteiger partial charge in [0.05, 0.1) is 12.1 Å². The van der Waals surface area contributed by atoms with Crippen LogP contribution in [-0.2, 0) is 16.0 Å². The number of aromatic nitrogens is 1. The second kappa shape index (κ2) is 4.70. The highest BCUT2D eigenvalue weighted by Gasteiger charge is 2.33. The van der Waals surface area contributed by atoms with E-state index in [2.05, 4.69) is 4.98 Å². The third kappa shape index (κ3) is 2.55. The van der Waals surface area contributed by atoms with Gasteiger partial charge in [-0.3, -0.25) is 4.79 Å². The molecule has 7 heteroatoms. The number of anilines is 1. The number of carboxylic acids is 1. The minimum absolute atomic E-state index is 0.123. The topological polar surface area (TPSA) is 96.5 Å². The van der Waals surface area contributed by atoms with Gasteiger partial charge in [-0.05, 0) is 12.8 Å². The first-order chi connectivity index (χ1) is 8.08. The molecule has 6 nitrogen and oxygen atoms in total. The van der Waals surface area contributed by atoms with Crippen molar-refractivity contribution >= 4 is 28.3 Å². The fourth-order valence-corrected chi connectivity index (χ4v) is 2.55. The molecule has 0 aromatic carbocycles. The van der Waals surface area contributed by atoms with Gasteiger partial charge < -0.3 is 15.7 Å². The Kier molecular flexibility index (Phi) is 3.28. The number of thiazole rings is 1. The van der Waals surface area contributed by atoms with Crippen molar-refractivity contribution in [3.05, 3.63) is 11.1 Å². The second-order valence-electron chi connectivity index (χ2n) is 3.94. The van der Waals surface area contributed by atoms with E-state index in [9.17, 15) is 9.59 Å². The molecular weight excluding hydrogens is 242 g/mol. The van der Waals surface area contributed by atoms with E-state index in [4.69, 9.17) is 10.8 Å². The van der Waals surface area contributed by atoms with E-state index in [1.165, 1.54) is 16.2 Å². The van der Waals surface area contributed by atoms with Crippen LogP contribution in [0.25, 0.3) is 0 Å². The highest BCUT2D eigenvalue weighted by atomic mass is 32.1. The Morgan fingerprint density at radius 3 is 3.00 bits per heavy atom. The van der Waals surface area contributed by atoms with Crippen LogP contribution in [0.1, 0.15) is 18.5 Å². The van der Waals surface area contributed by atoms with Gasteiger partial charge in [0.25, 0.3) is 0 Å². The molecule has 1 saturated heterocycles. The third-order valence-corrected chi connectivity index (χ3v) is 3.48. The molecule has 1 fully saturated rings. The molecule has 0 spiro atoms. The maximum atomic E-state index is 11.9. The van der Waals surface area contributed by atoms with E-state index in [0.29, 0.717) is 23.8 Å². The van der Waals surface area contributed by atoms with E-state index >= 15 is 0 Å². The number of amides is 1. The van der Waals surface area contributed by atoms with E-state index in [0.717, 1.165) is 6.42 Å². The molecule has 1 amide bonds. The molecule has 1 aliphatic rings. The average Bonchev–Trinajstić information content (AvgIpc) is 2.86. The smallest absolute Gasteiger partial charge is 0.326 e. The van der Waals surface area contributed by atoms with Gasteiger partial charge in [0.15, 0.2) is 5.13 Å². The number of nitrogens with two attached hydrogens (primary N) is 1. The predicted molar refractivity (Wildman–Crippen MR) is 62.6 cm³/mol. The largest absolute Gasteiger partial charge is 0.480 e. The Morgan fingerprint density at radius 1 is 1.65 bits per heavy atom. The van der Waals surface area contributed by atoms with Crippen molar-refractivity contribution < 1.29 is 14.7 Å². The van der Waals surface area contributed by atoms with Crippen LogP contribution in [0.2, 0.25) is 0 Å². The first-order valence-corrected chi connectivity index (χ1v) is 6.18. The summed E-state index contributed by atoms with van der Waals surface area (Å²) in [6, 6.07) is -0.682. The van der Waals surface area contributed by atoms with Crippen LogP contribution in [0.5, 0.6) is 0 Å². The van der Waals surface area contributed by atoms with Crippen molar-refractivity contribution in [1.29, 1.82) is 0 Å². The number of nitrogen functional groups attached to an aromatic ring is 1. The first-order valence-electron chi connectivity index (χ1n) is 5.30. The second-order valence-corrected chi connectivity index (χ2v) is 4.83. The SMILES string of the molecule is Nc1nc(CC(=O)N2CCC[C@H]2C(=O)O)cs1. The van der Waals surface area contributed by atoms with Crippen molar-refractivity contribution in [3.8, 4) is 0 Å². The fraction of sp³-hybridized carbons (Fsp3) is 0.500. The number of carbonyl (C=O) groups excluding carboxylic acids is 1. The lowest BCUT2D eigenvalue weighted by molar-refractivity contribution is -0.148. The molecule has 3 N–H and O–H groups in total. The zero-order valence-electron chi connectivity index (χ0n) is 9.13. The third-order valence-electron chi connectivity index (χ3n) is 2.76. The summed E-state index contributed by atoms with van der Waals surface area (Å²) >= 11 is 1.28. The van der Waals surface area contributed by atoms with Gasteiger partial charge in [0, 0.05) is 11.9 Å². The summed E-state index contributed by atoms with van der Waals surface area (Å²) < 4.78 is 0. The summed E-state index contributed by atoms with van der Waals surface area (Å²) in [5, 5.41) is 11.1. The number of carbonyl (C=O) groups is 2. The predicted octanol–water partition coefficient (Wildman–Crippen LogP) is 0.343. The molecule has 0 aliphatic carbocycles. The Morgan fingerprint density at radius 2 is 2.41 bits per heavy atom. The molecule has 1 aromatic rings. The maximum absolute atomic E-state index is 11.9. The van der Waals surface area contributed by atoms with Crippen molar-refractivity contribution in [2.75, 3.05) is 12.3 Å². The van der Waals surface area contributed by atoms with Crippen LogP contribution in [-0.4, -0.2) is 39.5 Å². The molecule has 1 aliphatic heterocycles. The minimum Gasteiger partial charge on any atom is -0.480 e. The molecule has 2 rings (SSSR count). The normalized spacial score (nSPS) is 19.5. The maximum Gasteiger partial charge on any atom is 0.326 e. The first kappa shape index (κ1) is 11.8. The van der Waals surface area contributed by atoms with Crippen LogP contribution in [0.15, 0.2) is 5.38 Å². The number of aliphatic carboxylic acids is 1. The molecule has 0 unspecified atom stereocenters. The summed E-state index contributed by atoms with van der Waals surface area (Å²) in [4.78, 5) is 28.3. The number of likely N-dealkylation sites (tertiary alicyclic amines) is 1. The molecule has 0 radical (unpaired) electrons. The van der Waals surface area contributed by atoms with Gasteiger partial charge in [0.2, 0.25) is 5.91 Å². The fourth-order valence-electron chi connectivity index (χ4n) is 1.98. The summed E-state index contributed by atoms with van der Waals surface area (Å²) in [6.07, 6.45) is 1.39. The summed E-state index contributed by atoms with van der Waals surface area (Å²) in [6.45, 7) is 0.509. The Hall–Kier alpha value is -1.63. The summed E-state index contributed by atoms with van der Waals surface area (Å²) in [7, 11) is 0. The van der Waals surface area contributed by atoms with Crippen molar-refractivity contribution in [3.63, 3.8) is 0 Å². The molecular formula is C10H13N3O3S. The van der Waals surface area contributed by atoms with Crippen LogP contribution in [0.3, 0.4) is 0 Å². The highest BCUT2D eigenvalue weighted by molar-refractivity contribution is 7.13. The van der Waals surface area contributed by atoms with E-state index in [1.54, 1.807) is 5.38 Å². The van der Waals surface area contributed by atoms with Crippen molar-refractivity contribution in [2.24, 2.45) is 0 Å². The van der Waals surface area contributed by atoms with Crippen LogP contribution < -0.4 is 5.73 Å². The van der Waals surface area contributed by atoms with Crippen LogP contribution in [0, 0.1) is 0 Å². The number of hydrogen-bond donors (Lipinski definition) is 2. The number of rotatable bonds is 3. The lowest BCUT2D eigenvalue weighted by Crippen LogP contribution is -2.41. The molecule has 92 valence electrons. The molecule has 0 saturated carbocycles. The zero-order valence-corrected chi connectivity index (χ0v) is 9.94. The van der Waals surface area contributed by atoms with Gasteiger partial charge in [-0.1, -0.05) is 0 Å². The van der Waals surface area contributed by atoms with Crippen molar-refractivity contribution in [2.45, 2.75) is 25.3 Å². The summed E-state index contributed by atoms with van der Waals surface area (Å²) in [5.74, 6) is -1.13. The molecule has 2 heterocycles. The Balaban J connectivity index is 2.02. The van der Waals surface area contributed by atoms with Gasteiger partial charge in [-0.2, -0.15) is 0 Å². The highest BCUT2D eigenvalue weighted by Crippen LogP contribution is 2.19. The van der Waals surface area contributed by atoms with Crippen LogP contribution in [0.4, 0.5) is 5.13 Å². The van der Waals surface area contributed by atoms with E-state index in [1.807, 2.05) is 0 Å². The van der Waals surface area contributed by atoms with Crippen LogP contribution >= 0.6 is 11.3 Å². The monoisotopic (exact) mass is 255 g/mol. The van der Waals surface area contributed by atoms with Gasteiger partial charge in [0.1, 0.15) is 6.04 Å². The van der Waals surface area contributed by atoms with Gasteiger partial charge >= 0.3 is 5.97 Å². The Labute approximate surface area is 102 Å². The number of hydrogen-bond acceptors (Lipinski definition) is 5. The standard InChI is InChI=1S/C10H13N3O3S/c11-10-12-6(5-17-10)4-8(14)13-3-1-2-7(13)9(15)16/h5,7H,1-4H2,(H2,11,12)(H,15,16)/t7-/m0/s1.